The standard InChI is InChI=1S/C18H23NO.ClH/c1-2-19(13-14-20)18(17-11-7-4-8-12-17)15-16-9-5-3-6-10-16;/h3-12,18,20H,2,13-15H2,1H3;1H. The van der Waals surface area contributed by atoms with Crippen molar-refractivity contribution in [2.45, 2.75) is 19.4 Å². The monoisotopic (exact) mass is 305 g/mol. The molecule has 0 aliphatic heterocycles. The van der Waals surface area contributed by atoms with Crippen molar-refractivity contribution in [3.63, 3.8) is 0 Å². The molecule has 0 saturated heterocycles. The molecular formula is C18H24ClNO. The van der Waals surface area contributed by atoms with Gasteiger partial charge in [-0.2, -0.15) is 0 Å². The Kier molecular flexibility index (Phi) is 8.06. The van der Waals surface area contributed by atoms with Gasteiger partial charge in [0.05, 0.1) is 6.61 Å². The molecule has 1 unspecified atom stereocenters. The van der Waals surface area contributed by atoms with Crippen LogP contribution >= 0.6 is 12.4 Å². The van der Waals surface area contributed by atoms with Gasteiger partial charge in [0.1, 0.15) is 0 Å². The molecule has 1 N–H and O–H groups in total. The maximum Gasteiger partial charge on any atom is 0.0558 e. The second-order valence-electron chi connectivity index (χ2n) is 4.97. The first-order valence-electron chi connectivity index (χ1n) is 7.29. The molecule has 2 rings (SSSR count). The molecule has 2 aromatic carbocycles. The van der Waals surface area contributed by atoms with Gasteiger partial charge in [-0.05, 0) is 24.1 Å². The lowest BCUT2D eigenvalue weighted by Crippen LogP contribution is -2.32. The summed E-state index contributed by atoms with van der Waals surface area (Å²) in [5.74, 6) is 0. The first-order chi connectivity index (χ1) is 9.85. The van der Waals surface area contributed by atoms with Gasteiger partial charge in [0.15, 0.2) is 0 Å². The minimum atomic E-state index is 0. The third-order valence-electron chi connectivity index (χ3n) is 3.69. The third kappa shape index (κ3) is 5.16. The number of hydrogen-bond acceptors (Lipinski definition) is 2. The van der Waals surface area contributed by atoms with Crippen LogP contribution in [-0.2, 0) is 6.42 Å². The van der Waals surface area contributed by atoms with Crippen molar-refractivity contribution < 1.29 is 5.11 Å². The molecule has 3 heteroatoms. The summed E-state index contributed by atoms with van der Waals surface area (Å²) in [6, 6.07) is 21.4. The Morgan fingerprint density at radius 1 is 0.952 bits per heavy atom. The lowest BCUT2D eigenvalue weighted by molar-refractivity contribution is 0.156. The van der Waals surface area contributed by atoms with Crippen LogP contribution in [0, 0.1) is 0 Å². The van der Waals surface area contributed by atoms with Gasteiger partial charge in [-0.3, -0.25) is 4.90 Å². The average Bonchev–Trinajstić information content (AvgIpc) is 2.52. The maximum atomic E-state index is 9.29. The van der Waals surface area contributed by atoms with E-state index >= 15 is 0 Å². The Morgan fingerprint density at radius 3 is 2.05 bits per heavy atom. The highest BCUT2D eigenvalue weighted by molar-refractivity contribution is 5.85. The van der Waals surface area contributed by atoms with Crippen LogP contribution in [-0.4, -0.2) is 29.7 Å². The summed E-state index contributed by atoms with van der Waals surface area (Å²) in [4.78, 5) is 2.34. The second kappa shape index (κ2) is 9.56. The molecule has 0 bridgehead atoms. The van der Waals surface area contributed by atoms with E-state index in [-0.39, 0.29) is 19.0 Å². The molecule has 0 fully saturated rings. The number of hydrogen-bond donors (Lipinski definition) is 1. The van der Waals surface area contributed by atoms with Crippen LogP contribution in [0.25, 0.3) is 0 Å². The first-order valence-corrected chi connectivity index (χ1v) is 7.29. The smallest absolute Gasteiger partial charge is 0.0558 e. The highest BCUT2D eigenvalue weighted by Crippen LogP contribution is 2.24. The van der Waals surface area contributed by atoms with Crippen LogP contribution in [0.5, 0.6) is 0 Å². The third-order valence-corrected chi connectivity index (χ3v) is 3.69. The van der Waals surface area contributed by atoms with Gasteiger partial charge < -0.3 is 5.11 Å². The number of aliphatic hydroxyl groups excluding tert-OH is 1. The van der Waals surface area contributed by atoms with E-state index in [1.165, 1.54) is 11.1 Å². The predicted octanol–water partition coefficient (Wildman–Crippen LogP) is 3.71. The van der Waals surface area contributed by atoms with E-state index in [1.54, 1.807) is 0 Å². The van der Waals surface area contributed by atoms with E-state index in [0.717, 1.165) is 13.0 Å². The summed E-state index contributed by atoms with van der Waals surface area (Å²) >= 11 is 0. The summed E-state index contributed by atoms with van der Waals surface area (Å²) < 4.78 is 0. The van der Waals surface area contributed by atoms with Crippen LogP contribution in [0.4, 0.5) is 0 Å². The van der Waals surface area contributed by atoms with Gasteiger partial charge >= 0.3 is 0 Å². The topological polar surface area (TPSA) is 23.5 Å². The van der Waals surface area contributed by atoms with E-state index in [1.807, 2.05) is 12.1 Å². The van der Waals surface area contributed by atoms with Crippen LogP contribution < -0.4 is 0 Å². The van der Waals surface area contributed by atoms with Crippen molar-refractivity contribution in [1.29, 1.82) is 0 Å². The van der Waals surface area contributed by atoms with Crippen LogP contribution in [0.2, 0.25) is 0 Å². The van der Waals surface area contributed by atoms with Crippen LogP contribution in [0.3, 0.4) is 0 Å². The molecule has 0 aromatic heterocycles. The van der Waals surface area contributed by atoms with Crippen molar-refractivity contribution in [2.24, 2.45) is 0 Å². The Bertz CT molecular complexity index is 489. The molecule has 0 spiro atoms. The number of nitrogens with zero attached hydrogens (tertiary/aromatic N) is 1. The molecule has 114 valence electrons. The van der Waals surface area contributed by atoms with Gasteiger partial charge in [-0.25, -0.2) is 0 Å². The molecule has 0 radical (unpaired) electrons. The summed E-state index contributed by atoms with van der Waals surface area (Å²) in [6.07, 6.45) is 0.971. The Hall–Kier alpha value is -1.35. The quantitative estimate of drug-likeness (QED) is 0.843. The average molecular weight is 306 g/mol. The predicted molar refractivity (Wildman–Crippen MR) is 90.9 cm³/mol. The number of halogens is 1. The Labute approximate surface area is 133 Å². The molecule has 0 heterocycles. The van der Waals surface area contributed by atoms with E-state index in [4.69, 9.17) is 0 Å². The van der Waals surface area contributed by atoms with Gasteiger partial charge in [0.25, 0.3) is 0 Å². The minimum absolute atomic E-state index is 0. The maximum absolute atomic E-state index is 9.29. The Balaban J connectivity index is 0.00000220. The van der Waals surface area contributed by atoms with Crippen LogP contribution in [0.15, 0.2) is 60.7 Å². The van der Waals surface area contributed by atoms with Crippen LogP contribution in [0.1, 0.15) is 24.1 Å². The fourth-order valence-corrected chi connectivity index (χ4v) is 2.63. The van der Waals surface area contributed by atoms with Crippen molar-refractivity contribution in [3.05, 3.63) is 71.8 Å². The van der Waals surface area contributed by atoms with E-state index < -0.39 is 0 Å². The lowest BCUT2D eigenvalue weighted by atomic mass is 9.97. The normalized spacial score (nSPS) is 12.0. The molecule has 1 atom stereocenters. The van der Waals surface area contributed by atoms with Crippen molar-refractivity contribution >= 4 is 12.4 Å². The fraction of sp³-hybridized carbons (Fsp3) is 0.333. The molecule has 2 aromatic rings. The molecule has 0 aliphatic carbocycles. The van der Waals surface area contributed by atoms with E-state index in [9.17, 15) is 5.11 Å². The highest BCUT2D eigenvalue weighted by atomic mass is 35.5. The molecule has 0 amide bonds. The highest BCUT2D eigenvalue weighted by Gasteiger charge is 2.18. The number of likely N-dealkylation sites (N-methyl/N-ethyl adjacent to an activating group) is 1. The molecule has 21 heavy (non-hydrogen) atoms. The zero-order valence-corrected chi connectivity index (χ0v) is 13.3. The van der Waals surface area contributed by atoms with Gasteiger partial charge in [-0.15, -0.1) is 12.4 Å². The largest absolute Gasteiger partial charge is 0.395 e. The zero-order chi connectivity index (χ0) is 14.2. The Morgan fingerprint density at radius 2 is 1.52 bits per heavy atom. The molecule has 2 nitrogen and oxygen atoms in total. The van der Waals surface area contributed by atoms with E-state index in [2.05, 4.69) is 60.4 Å². The van der Waals surface area contributed by atoms with Gasteiger partial charge in [-0.1, -0.05) is 67.6 Å². The van der Waals surface area contributed by atoms with Crippen molar-refractivity contribution in [1.82, 2.24) is 4.90 Å². The number of benzene rings is 2. The van der Waals surface area contributed by atoms with Gasteiger partial charge in [0.2, 0.25) is 0 Å². The summed E-state index contributed by atoms with van der Waals surface area (Å²) in [5, 5.41) is 9.29. The lowest BCUT2D eigenvalue weighted by Gasteiger charge is -2.30. The summed E-state index contributed by atoms with van der Waals surface area (Å²) in [7, 11) is 0. The molecule has 0 saturated carbocycles. The first kappa shape index (κ1) is 17.7. The van der Waals surface area contributed by atoms with Crippen molar-refractivity contribution in [2.75, 3.05) is 19.7 Å². The SMILES string of the molecule is CCN(CCO)C(Cc1ccccc1)c1ccccc1.Cl. The molecular weight excluding hydrogens is 282 g/mol. The summed E-state index contributed by atoms with van der Waals surface area (Å²) in [5.41, 5.74) is 2.64. The fourth-order valence-electron chi connectivity index (χ4n) is 2.63. The van der Waals surface area contributed by atoms with Crippen molar-refractivity contribution in [3.8, 4) is 0 Å². The molecule has 0 aliphatic rings. The number of rotatable bonds is 7. The second-order valence-corrected chi connectivity index (χ2v) is 4.97. The van der Waals surface area contributed by atoms with E-state index in [0.29, 0.717) is 12.6 Å². The zero-order valence-electron chi connectivity index (χ0n) is 12.5. The minimum Gasteiger partial charge on any atom is -0.395 e. The summed E-state index contributed by atoms with van der Waals surface area (Å²) in [6.45, 7) is 4.00. The van der Waals surface area contributed by atoms with Gasteiger partial charge in [0, 0.05) is 12.6 Å². The number of aliphatic hydroxyl groups is 1.